The van der Waals surface area contributed by atoms with Crippen LogP contribution in [0.5, 0.6) is 0 Å². The zero-order chi connectivity index (χ0) is 21.9. The van der Waals surface area contributed by atoms with Gasteiger partial charge in [0, 0.05) is 17.7 Å². The van der Waals surface area contributed by atoms with Crippen molar-refractivity contribution in [1.82, 2.24) is 5.32 Å². The van der Waals surface area contributed by atoms with Gasteiger partial charge in [0.05, 0.1) is 0 Å². The highest BCUT2D eigenvalue weighted by molar-refractivity contribution is 5.36. The molecule has 3 unspecified atom stereocenters. The molecular formula is C29H41N. The van der Waals surface area contributed by atoms with E-state index >= 15 is 0 Å². The second kappa shape index (κ2) is 9.41. The number of allylic oxidation sites excluding steroid dienone is 4. The summed E-state index contributed by atoms with van der Waals surface area (Å²) in [6, 6.07) is 9.41. The van der Waals surface area contributed by atoms with Crippen LogP contribution in [0.1, 0.15) is 83.8 Å². The Hall–Kier alpha value is -2.02. The van der Waals surface area contributed by atoms with Crippen molar-refractivity contribution in [3.05, 3.63) is 83.6 Å². The molecule has 3 atom stereocenters. The molecule has 1 N–H and O–H groups in total. The predicted octanol–water partition coefficient (Wildman–Crippen LogP) is 7.83. The molecule has 0 saturated heterocycles. The van der Waals surface area contributed by atoms with Crippen LogP contribution >= 0.6 is 0 Å². The molecule has 0 aliphatic heterocycles. The van der Waals surface area contributed by atoms with Crippen LogP contribution in [0, 0.1) is 11.8 Å². The van der Waals surface area contributed by atoms with Crippen LogP contribution in [0.25, 0.3) is 0 Å². The standard InChI is InChI=1S/C29H41N/c1-8-23(11-12-24-13-14-24)10-9-20(2)21(3)30-22(4)27-19-28(27)25-15-17-26(18-16-25)29(5,6)7/h8-10,15-18,21,24,27-28,30H,2,4,11-14,19H2,1,3,5-7H3/b10-9-,23-8+. The minimum absolute atomic E-state index is 0.208. The van der Waals surface area contributed by atoms with Crippen LogP contribution in [0.15, 0.2) is 72.5 Å². The molecule has 3 rings (SSSR count). The van der Waals surface area contributed by atoms with Crippen molar-refractivity contribution in [3.63, 3.8) is 0 Å². The van der Waals surface area contributed by atoms with E-state index in [-0.39, 0.29) is 11.5 Å². The highest BCUT2D eigenvalue weighted by Gasteiger charge is 2.40. The third-order valence-corrected chi connectivity index (χ3v) is 6.82. The summed E-state index contributed by atoms with van der Waals surface area (Å²) in [6.45, 7) is 19.8. The fraction of sp³-hybridized carbons (Fsp3) is 0.517. The van der Waals surface area contributed by atoms with E-state index in [1.165, 1.54) is 48.8 Å². The molecule has 0 amide bonds. The van der Waals surface area contributed by atoms with Crippen molar-refractivity contribution in [3.8, 4) is 0 Å². The van der Waals surface area contributed by atoms with Gasteiger partial charge < -0.3 is 5.32 Å². The number of hydrogen-bond acceptors (Lipinski definition) is 1. The maximum absolute atomic E-state index is 4.35. The Morgan fingerprint density at radius 1 is 1.13 bits per heavy atom. The molecule has 1 aromatic carbocycles. The Kier molecular flexibility index (Phi) is 7.11. The third-order valence-electron chi connectivity index (χ3n) is 6.82. The molecule has 1 heteroatoms. The second-order valence-electron chi connectivity index (χ2n) is 10.5. The van der Waals surface area contributed by atoms with Gasteiger partial charge in [-0.2, -0.15) is 0 Å². The number of hydrogen-bond donors (Lipinski definition) is 1. The predicted molar refractivity (Wildman–Crippen MR) is 132 cm³/mol. The largest absolute Gasteiger partial charge is 0.382 e. The van der Waals surface area contributed by atoms with Crippen molar-refractivity contribution < 1.29 is 0 Å². The molecule has 1 nitrogen and oxygen atoms in total. The Balaban J connectivity index is 1.47. The fourth-order valence-electron chi connectivity index (χ4n) is 4.12. The number of nitrogens with one attached hydrogen (secondary N) is 1. The van der Waals surface area contributed by atoms with Gasteiger partial charge in [0.2, 0.25) is 0 Å². The van der Waals surface area contributed by atoms with E-state index < -0.39 is 0 Å². The van der Waals surface area contributed by atoms with E-state index in [2.05, 4.69) is 95.6 Å². The Morgan fingerprint density at radius 2 is 1.80 bits per heavy atom. The monoisotopic (exact) mass is 403 g/mol. The molecule has 0 aromatic heterocycles. The molecule has 2 fully saturated rings. The maximum Gasteiger partial charge on any atom is 0.0476 e. The van der Waals surface area contributed by atoms with Gasteiger partial charge >= 0.3 is 0 Å². The zero-order valence-corrected chi connectivity index (χ0v) is 19.8. The van der Waals surface area contributed by atoms with Gasteiger partial charge in [0.1, 0.15) is 0 Å². The summed E-state index contributed by atoms with van der Waals surface area (Å²) in [7, 11) is 0. The topological polar surface area (TPSA) is 12.0 Å². The molecular weight excluding hydrogens is 362 g/mol. The first kappa shape index (κ1) is 22.7. The summed E-state index contributed by atoms with van der Waals surface area (Å²) in [4.78, 5) is 0. The van der Waals surface area contributed by atoms with E-state index in [9.17, 15) is 0 Å². The van der Waals surface area contributed by atoms with Gasteiger partial charge in [-0.05, 0) is 67.1 Å². The Labute approximate surface area is 185 Å². The molecule has 0 bridgehead atoms. The average Bonchev–Trinajstić information content (AvgIpc) is 3.61. The second-order valence-corrected chi connectivity index (χ2v) is 10.5. The van der Waals surface area contributed by atoms with Crippen molar-refractivity contribution >= 4 is 0 Å². The van der Waals surface area contributed by atoms with Gasteiger partial charge in [0.15, 0.2) is 0 Å². The molecule has 2 aliphatic carbocycles. The molecule has 0 heterocycles. The van der Waals surface area contributed by atoms with Crippen LogP contribution < -0.4 is 5.32 Å². The van der Waals surface area contributed by atoms with Gasteiger partial charge in [-0.15, -0.1) is 0 Å². The van der Waals surface area contributed by atoms with E-state index in [4.69, 9.17) is 0 Å². The van der Waals surface area contributed by atoms with Gasteiger partial charge in [0.25, 0.3) is 0 Å². The van der Waals surface area contributed by atoms with Crippen molar-refractivity contribution in [1.29, 1.82) is 0 Å². The molecule has 0 radical (unpaired) electrons. The van der Waals surface area contributed by atoms with E-state index in [0.29, 0.717) is 11.8 Å². The van der Waals surface area contributed by atoms with Crippen LogP contribution in [-0.2, 0) is 5.41 Å². The summed E-state index contributed by atoms with van der Waals surface area (Å²) in [5.74, 6) is 2.12. The molecule has 162 valence electrons. The lowest BCUT2D eigenvalue weighted by Gasteiger charge is -2.20. The minimum Gasteiger partial charge on any atom is -0.382 e. The molecule has 0 spiro atoms. The summed E-state index contributed by atoms with van der Waals surface area (Å²) in [5, 5.41) is 3.61. The summed E-state index contributed by atoms with van der Waals surface area (Å²) >= 11 is 0. The van der Waals surface area contributed by atoms with E-state index in [0.717, 1.165) is 17.2 Å². The van der Waals surface area contributed by atoms with Gasteiger partial charge in [-0.1, -0.05) is 94.8 Å². The molecule has 2 aliphatic rings. The summed E-state index contributed by atoms with van der Waals surface area (Å²) < 4.78 is 0. The fourth-order valence-corrected chi connectivity index (χ4v) is 4.12. The third kappa shape index (κ3) is 6.24. The molecule has 30 heavy (non-hydrogen) atoms. The van der Waals surface area contributed by atoms with Crippen LogP contribution in [0.4, 0.5) is 0 Å². The SMILES string of the molecule is C=C(/C=C\C(=C/C)CCC1CC1)C(C)NC(=C)C1CC1c1ccc(C(C)(C)C)cc1. The Morgan fingerprint density at radius 3 is 2.37 bits per heavy atom. The van der Waals surface area contributed by atoms with Crippen LogP contribution in [0.2, 0.25) is 0 Å². The quantitative estimate of drug-likeness (QED) is 0.392. The molecule has 1 aromatic rings. The van der Waals surface area contributed by atoms with Crippen molar-refractivity contribution in [2.45, 2.75) is 84.1 Å². The minimum atomic E-state index is 0.208. The van der Waals surface area contributed by atoms with Crippen LogP contribution in [-0.4, -0.2) is 6.04 Å². The smallest absolute Gasteiger partial charge is 0.0476 e. The lowest BCUT2D eigenvalue weighted by molar-refractivity contribution is 0.590. The van der Waals surface area contributed by atoms with Crippen molar-refractivity contribution in [2.75, 3.05) is 0 Å². The van der Waals surface area contributed by atoms with Gasteiger partial charge in [-0.3, -0.25) is 0 Å². The number of benzene rings is 1. The van der Waals surface area contributed by atoms with Gasteiger partial charge in [-0.25, -0.2) is 0 Å². The molecule has 2 saturated carbocycles. The van der Waals surface area contributed by atoms with Crippen LogP contribution in [0.3, 0.4) is 0 Å². The lowest BCUT2D eigenvalue weighted by Crippen LogP contribution is -2.27. The zero-order valence-electron chi connectivity index (χ0n) is 19.8. The maximum atomic E-state index is 4.35. The summed E-state index contributed by atoms with van der Waals surface area (Å²) in [5.41, 5.74) is 6.75. The normalized spacial score (nSPS) is 22.8. The first-order valence-electron chi connectivity index (χ1n) is 11.8. The van der Waals surface area contributed by atoms with E-state index in [1.54, 1.807) is 0 Å². The first-order valence-corrected chi connectivity index (χ1v) is 11.8. The highest BCUT2D eigenvalue weighted by Crippen LogP contribution is 2.51. The van der Waals surface area contributed by atoms with Crippen molar-refractivity contribution in [2.24, 2.45) is 11.8 Å². The van der Waals surface area contributed by atoms with E-state index in [1.807, 2.05) is 0 Å². The lowest BCUT2D eigenvalue weighted by atomic mass is 9.86. The summed E-state index contributed by atoms with van der Waals surface area (Å²) in [6.07, 6.45) is 13.3. The number of rotatable bonds is 10. The first-order chi connectivity index (χ1) is 14.2. The highest BCUT2D eigenvalue weighted by atomic mass is 14.9. The average molecular weight is 404 g/mol. The Bertz CT molecular complexity index is 811.